The number of amides is 1. The average molecular weight is 458 g/mol. The Morgan fingerprint density at radius 2 is 1.70 bits per heavy atom. The van der Waals surface area contributed by atoms with Gasteiger partial charge in [-0.3, -0.25) is 9.69 Å². The quantitative estimate of drug-likeness (QED) is 0.737. The van der Waals surface area contributed by atoms with Crippen molar-refractivity contribution in [3.05, 3.63) is 29.0 Å². The third-order valence-corrected chi connectivity index (χ3v) is 8.62. The number of nitrogens with zero attached hydrogens (tertiary/aromatic N) is 2. The number of rotatable bonds is 5. The first kappa shape index (κ1) is 22.0. The molecule has 3 fully saturated rings. The first-order valence-corrected chi connectivity index (χ1v) is 12.7. The van der Waals surface area contributed by atoms with Crippen molar-refractivity contribution in [1.82, 2.24) is 14.5 Å². The van der Waals surface area contributed by atoms with E-state index in [1.165, 1.54) is 25.3 Å². The molecule has 166 valence electrons. The molecule has 6 nitrogen and oxygen atoms in total. The highest BCUT2D eigenvalue weighted by Crippen LogP contribution is 2.29. The molecular formula is C21H29ClFN3O3S. The van der Waals surface area contributed by atoms with Gasteiger partial charge in [-0.2, -0.15) is 0 Å². The van der Waals surface area contributed by atoms with Crippen LogP contribution in [0.5, 0.6) is 0 Å². The molecule has 1 saturated heterocycles. The minimum absolute atomic E-state index is 0.0266. The first-order chi connectivity index (χ1) is 14.3. The van der Waals surface area contributed by atoms with Gasteiger partial charge in [0, 0.05) is 44.2 Å². The minimum atomic E-state index is -3.77. The van der Waals surface area contributed by atoms with Crippen LogP contribution >= 0.6 is 11.6 Å². The summed E-state index contributed by atoms with van der Waals surface area (Å²) in [6.45, 7) is 3.53. The number of carbonyl (C=O) groups is 1. The van der Waals surface area contributed by atoms with E-state index in [1.807, 2.05) is 4.90 Å². The van der Waals surface area contributed by atoms with E-state index in [-0.39, 0.29) is 27.8 Å². The fourth-order valence-electron chi connectivity index (χ4n) is 4.71. The van der Waals surface area contributed by atoms with Crippen molar-refractivity contribution in [1.29, 1.82) is 0 Å². The summed E-state index contributed by atoms with van der Waals surface area (Å²) in [6, 6.07) is 3.89. The van der Waals surface area contributed by atoms with Crippen LogP contribution in [-0.4, -0.2) is 62.4 Å². The summed E-state index contributed by atoms with van der Waals surface area (Å²) < 4.78 is 41.1. The first-order valence-electron chi connectivity index (χ1n) is 10.8. The van der Waals surface area contributed by atoms with E-state index in [9.17, 15) is 17.6 Å². The Morgan fingerprint density at radius 1 is 1.03 bits per heavy atom. The molecular weight excluding hydrogens is 429 g/mol. The van der Waals surface area contributed by atoms with Gasteiger partial charge < -0.3 is 4.90 Å². The van der Waals surface area contributed by atoms with Crippen molar-refractivity contribution in [3.63, 3.8) is 0 Å². The predicted octanol–water partition coefficient (Wildman–Crippen LogP) is 3.01. The summed E-state index contributed by atoms with van der Waals surface area (Å²) in [5.41, 5.74) is 0. The molecule has 1 heterocycles. The summed E-state index contributed by atoms with van der Waals surface area (Å²) in [7, 11) is -3.77. The van der Waals surface area contributed by atoms with E-state index in [2.05, 4.69) is 9.62 Å². The van der Waals surface area contributed by atoms with Crippen molar-refractivity contribution < 1.29 is 17.6 Å². The number of hydrogen-bond donors (Lipinski definition) is 1. The summed E-state index contributed by atoms with van der Waals surface area (Å²) >= 11 is 5.72. The average Bonchev–Trinajstić information content (AvgIpc) is 2.69. The zero-order valence-corrected chi connectivity index (χ0v) is 18.6. The Hall–Kier alpha value is -1.22. The second kappa shape index (κ2) is 9.10. The van der Waals surface area contributed by atoms with Crippen LogP contribution in [0.25, 0.3) is 0 Å². The molecule has 4 rings (SSSR count). The Kier molecular flexibility index (Phi) is 6.67. The molecule has 1 N–H and O–H groups in total. The molecule has 9 heteroatoms. The fourth-order valence-corrected chi connectivity index (χ4v) is 6.28. The van der Waals surface area contributed by atoms with Crippen LogP contribution in [0, 0.1) is 11.7 Å². The van der Waals surface area contributed by atoms with Gasteiger partial charge in [0.05, 0.1) is 9.92 Å². The molecule has 0 bridgehead atoms. The standard InChI is InChI=1S/C21H29ClFN3O3S/c22-19-14-18(8-9-20(19)23)30(28,29)24-16-6-4-15(5-7-16)21(27)26-12-10-25(11-13-26)17-2-1-3-17/h8-9,14-17,24H,1-7,10-13H2/t15-,16-. The summed E-state index contributed by atoms with van der Waals surface area (Å²) in [4.78, 5) is 17.4. The summed E-state index contributed by atoms with van der Waals surface area (Å²) in [5.74, 6) is -0.459. The Labute approximate surface area is 182 Å². The number of sulfonamides is 1. The molecule has 0 atom stereocenters. The maximum absolute atomic E-state index is 13.3. The summed E-state index contributed by atoms with van der Waals surface area (Å²) in [5, 5.41) is -0.218. The number of carbonyl (C=O) groups excluding carboxylic acids is 1. The third kappa shape index (κ3) is 4.82. The van der Waals surface area contributed by atoms with Gasteiger partial charge in [0.15, 0.2) is 0 Å². The number of nitrogens with one attached hydrogen (secondary N) is 1. The highest BCUT2D eigenvalue weighted by molar-refractivity contribution is 7.89. The molecule has 1 aliphatic heterocycles. The lowest BCUT2D eigenvalue weighted by molar-refractivity contribution is -0.139. The van der Waals surface area contributed by atoms with Crippen molar-refractivity contribution in [3.8, 4) is 0 Å². The monoisotopic (exact) mass is 457 g/mol. The van der Waals surface area contributed by atoms with Crippen molar-refractivity contribution in [2.24, 2.45) is 5.92 Å². The van der Waals surface area contributed by atoms with E-state index < -0.39 is 15.8 Å². The van der Waals surface area contributed by atoms with E-state index >= 15 is 0 Å². The van der Waals surface area contributed by atoms with Gasteiger partial charge in [0.1, 0.15) is 5.82 Å². The third-order valence-electron chi connectivity index (χ3n) is 6.82. The largest absolute Gasteiger partial charge is 0.340 e. The van der Waals surface area contributed by atoms with E-state index in [1.54, 1.807) is 0 Å². The lowest BCUT2D eigenvalue weighted by Gasteiger charge is -2.44. The lowest BCUT2D eigenvalue weighted by Crippen LogP contribution is -2.54. The maximum Gasteiger partial charge on any atom is 0.240 e. The predicted molar refractivity (Wildman–Crippen MR) is 113 cm³/mol. The van der Waals surface area contributed by atoms with Gasteiger partial charge in [-0.1, -0.05) is 18.0 Å². The SMILES string of the molecule is O=C([C@H]1CC[C@H](NS(=O)(=O)c2ccc(F)c(Cl)c2)CC1)N1CCN(C2CCC2)CC1. The molecule has 0 spiro atoms. The molecule has 0 radical (unpaired) electrons. The molecule has 1 aromatic carbocycles. The Balaban J connectivity index is 1.26. The molecule has 2 aliphatic carbocycles. The minimum Gasteiger partial charge on any atom is -0.340 e. The molecule has 1 aromatic rings. The molecule has 0 unspecified atom stereocenters. The smallest absolute Gasteiger partial charge is 0.240 e. The Morgan fingerprint density at radius 3 is 2.27 bits per heavy atom. The van der Waals surface area contributed by atoms with E-state index in [4.69, 9.17) is 11.6 Å². The second-order valence-electron chi connectivity index (χ2n) is 8.69. The van der Waals surface area contributed by atoms with Gasteiger partial charge >= 0.3 is 0 Å². The van der Waals surface area contributed by atoms with Crippen molar-refractivity contribution >= 4 is 27.5 Å². The van der Waals surface area contributed by atoms with Crippen molar-refractivity contribution in [2.75, 3.05) is 26.2 Å². The van der Waals surface area contributed by atoms with Crippen LogP contribution in [0.15, 0.2) is 23.1 Å². The van der Waals surface area contributed by atoms with Crippen LogP contribution in [0.2, 0.25) is 5.02 Å². The topological polar surface area (TPSA) is 69.7 Å². The van der Waals surface area contributed by atoms with Crippen LogP contribution in [0.1, 0.15) is 44.9 Å². The van der Waals surface area contributed by atoms with Crippen LogP contribution in [0.4, 0.5) is 4.39 Å². The van der Waals surface area contributed by atoms with Gasteiger partial charge in [0.25, 0.3) is 0 Å². The molecule has 0 aromatic heterocycles. The molecule has 1 amide bonds. The fraction of sp³-hybridized carbons (Fsp3) is 0.667. The number of benzene rings is 1. The molecule has 2 saturated carbocycles. The number of hydrogen-bond acceptors (Lipinski definition) is 4. The van der Waals surface area contributed by atoms with Crippen molar-refractivity contribution in [2.45, 2.75) is 61.9 Å². The number of halogens is 2. The zero-order chi connectivity index (χ0) is 21.3. The molecule has 30 heavy (non-hydrogen) atoms. The van der Waals surface area contributed by atoms with Gasteiger partial charge in [-0.15, -0.1) is 0 Å². The van der Waals surface area contributed by atoms with Gasteiger partial charge in [0.2, 0.25) is 15.9 Å². The second-order valence-corrected chi connectivity index (χ2v) is 10.8. The molecule has 3 aliphatic rings. The highest BCUT2D eigenvalue weighted by atomic mass is 35.5. The van der Waals surface area contributed by atoms with E-state index in [0.717, 1.165) is 44.4 Å². The zero-order valence-electron chi connectivity index (χ0n) is 17.0. The van der Waals surface area contributed by atoms with Gasteiger partial charge in [-0.25, -0.2) is 17.5 Å². The van der Waals surface area contributed by atoms with Crippen LogP contribution in [0.3, 0.4) is 0 Å². The van der Waals surface area contributed by atoms with Crippen LogP contribution in [-0.2, 0) is 14.8 Å². The summed E-state index contributed by atoms with van der Waals surface area (Å²) in [6.07, 6.45) is 6.50. The van der Waals surface area contributed by atoms with E-state index in [0.29, 0.717) is 25.7 Å². The Bertz CT molecular complexity index is 877. The maximum atomic E-state index is 13.3. The van der Waals surface area contributed by atoms with Crippen LogP contribution < -0.4 is 4.72 Å². The normalized spacial score (nSPS) is 26.4. The van der Waals surface area contributed by atoms with Gasteiger partial charge in [-0.05, 0) is 56.7 Å². The number of piperazine rings is 1. The lowest BCUT2D eigenvalue weighted by atomic mass is 9.85. The highest BCUT2D eigenvalue weighted by Gasteiger charge is 2.34.